The summed E-state index contributed by atoms with van der Waals surface area (Å²) in [5.74, 6) is 0.272. The van der Waals surface area contributed by atoms with Crippen molar-refractivity contribution < 1.29 is 9.59 Å². The van der Waals surface area contributed by atoms with Crippen molar-refractivity contribution in [3.8, 4) is 0 Å². The van der Waals surface area contributed by atoms with Crippen LogP contribution in [0, 0.1) is 5.92 Å². The van der Waals surface area contributed by atoms with Gasteiger partial charge in [0.2, 0.25) is 0 Å². The zero-order chi connectivity index (χ0) is 17.5. The molecule has 0 aliphatic carbocycles. The molecule has 6 nitrogen and oxygen atoms in total. The Balaban J connectivity index is 1.55. The van der Waals surface area contributed by atoms with Gasteiger partial charge in [-0.3, -0.25) is 14.6 Å². The smallest absolute Gasteiger partial charge is 0.257 e. The van der Waals surface area contributed by atoms with Crippen LogP contribution in [0.4, 0.5) is 5.69 Å². The largest absolute Gasteiger partial charge is 0.352 e. The number of carbonyl (C=O) groups is 2. The number of amides is 2. The van der Waals surface area contributed by atoms with E-state index in [2.05, 4.69) is 20.9 Å². The van der Waals surface area contributed by atoms with Gasteiger partial charge in [-0.25, -0.2) is 0 Å². The molecule has 130 valence electrons. The lowest BCUT2D eigenvalue weighted by Gasteiger charge is -2.10. The van der Waals surface area contributed by atoms with Crippen LogP contribution in [0.1, 0.15) is 33.6 Å². The van der Waals surface area contributed by atoms with Gasteiger partial charge in [0.25, 0.3) is 11.8 Å². The van der Waals surface area contributed by atoms with E-state index in [1.165, 1.54) is 12.6 Å². The van der Waals surface area contributed by atoms with Gasteiger partial charge < -0.3 is 16.0 Å². The van der Waals surface area contributed by atoms with Crippen molar-refractivity contribution in [2.45, 2.75) is 12.8 Å². The summed E-state index contributed by atoms with van der Waals surface area (Å²) in [6.45, 7) is 2.76. The molecule has 3 rings (SSSR count). The van der Waals surface area contributed by atoms with E-state index < -0.39 is 0 Å². The molecule has 0 bridgehead atoms. The summed E-state index contributed by atoms with van der Waals surface area (Å²) >= 11 is 0. The van der Waals surface area contributed by atoms with Crippen LogP contribution >= 0.6 is 0 Å². The summed E-state index contributed by atoms with van der Waals surface area (Å²) in [5, 5.41) is 9.06. The molecule has 1 aliphatic heterocycles. The van der Waals surface area contributed by atoms with E-state index in [4.69, 9.17) is 0 Å². The Bertz CT molecular complexity index is 727. The number of pyridine rings is 1. The number of rotatable bonds is 6. The fourth-order valence-corrected chi connectivity index (χ4v) is 2.89. The van der Waals surface area contributed by atoms with Gasteiger partial charge in [-0.05, 0) is 62.2 Å². The van der Waals surface area contributed by atoms with Crippen molar-refractivity contribution in [1.29, 1.82) is 0 Å². The van der Waals surface area contributed by atoms with Crippen molar-refractivity contribution in [3.63, 3.8) is 0 Å². The third-order valence-electron chi connectivity index (χ3n) is 4.31. The lowest BCUT2D eigenvalue weighted by Crippen LogP contribution is -2.26. The number of nitrogens with zero attached hydrogens (tertiary/aromatic N) is 1. The van der Waals surface area contributed by atoms with Gasteiger partial charge >= 0.3 is 0 Å². The van der Waals surface area contributed by atoms with Gasteiger partial charge in [0.15, 0.2) is 0 Å². The number of hydrogen-bond donors (Lipinski definition) is 3. The Morgan fingerprint density at radius 3 is 2.80 bits per heavy atom. The standard InChI is InChI=1S/C19H22N4O2/c24-18(22-10-7-14-6-9-21-12-14)15-3-1-5-17(11-15)23-19(25)16-4-2-8-20-13-16/h1-5,8,11,13-14,21H,6-7,9-10,12H2,(H,22,24)(H,23,25). The monoisotopic (exact) mass is 338 g/mol. The normalized spacial score (nSPS) is 16.4. The highest BCUT2D eigenvalue weighted by Gasteiger charge is 2.14. The molecule has 1 fully saturated rings. The summed E-state index contributed by atoms with van der Waals surface area (Å²) in [5.41, 5.74) is 1.59. The highest BCUT2D eigenvalue weighted by atomic mass is 16.2. The van der Waals surface area contributed by atoms with Crippen molar-refractivity contribution in [1.82, 2.24) is 15.6 Å². The minimum absolute atomic E-state index is 0.122. The summed E-state index contributed by atoms with van der Waals surface area (Å²) < 4.78 is 0. The molecular weight excluding hydrogens is 316 g/mol. The Kier molecular flexibility index (Phi) is 5.74. The van der Waals surface area contributed by atoms with Crippen LogP contribution in [0.25, 0.3) is 0 Å². The number of hydrogen-bond acceptors (Lipinski definition) is 4. The first-order valence-corrected chi connectivity index (χ1v) is 8.53. The fourth-order valence-electron chi connectivity index (χ4n) is 2.89. The number of nitrogens with one attached hydrogen (secondary N) is 3. The molecule has 1 atom stereocenters. The minimum atomic E-state index is -0.251. The van der Waals surface area contributed by atoms with Crippen molar-refractivity contribution in [2.75, 3.05) is 25.0 Å². The zero-order valence-corrected chi connectivity index (χ0v) is 14.0. The highest BCUT2D eigenvalue weighted by Crippen LogP contribution is 2.13. The second-order valence-corrected chi connectivity index (χ2v) is 6.18. The third kappa shape index (κ3) is 4.87. The molecule has 3 N–H and O–H groups in total. The molecule has 1 unspecified atom stereocenters. The van der Waals surface area contributed by atoms with Crippen molar-refractivity contribution in [3.05, 3.63) is 59.9 Å². The number of benzene rings is 1. The number of anilines is 1. The number of carbonyl (C=O) groups excluding carboxylic acids is 2. The maximum Gasteiger partial charge on any atom is 0.257 e. The molecule has 6 heteroatoms. The molecule has 2 amide bonds. The third-order valence-corrected chi connectivity index (χ3v) is 4.31. The second-order valence-electron chi connectivity index (χ2n) is 6.18. The second kappa shape index (κ2) is 8.39. The van der Waals surface area contributed by atoms with Gasteiger partial charge in [-0.15, -0.1) is 0 Å². The molecule has 0 radical (unpaired) electrons. The quantitative estimate of drug-likeness (QED) is 0.753. The van der Waals surface area contributed by atoms with E-state index in [-0.39, 0.29) is 11.8 Å². The summed E-state index contributed by atoms with van der Waals surface area (Å²) in [7, 11) is 0. The Morgan fingerprint density at radius 2 is 2.04 bits per heavy atom. The molecule has 1 saturated heterocycles. The van der Waals surface area contributed by atoms with E-state index in [0.29, 0.717) is 29.3 Å². The molecule has 1 aliphatic rings. The first-order chi connectivity index (χ1) is 12.2. The molecule has 1 aromatic carbocycles. The first-order valence-electron chi connectivity index (χ1n) is 8.53. The Hall–Kier alpha value is -2.73. The van der Waals surface area contributed by atoms with E-state index in [0.717, 1.165) is 19.5 Å². The molecule has 0 spiro atoms. The van der Waals surface area contributed by atoms with Crippen molar-refractivity contribution in [2.24, 2.45) is 5.92 Å². The lowest BCUT2D eigenvalue weighted by atomic mass is 10.1. The molecule has 2 heterocycles. The summed E-state index contributed by atoms with van der Waals surface area (Å²) in [6, 6.07) is 10.3. The van der Waals surface area contributed by atoms with E-state index in [1.54, 1.807) is 42.6 Å². The van der Waals surface area contributed by atoms with Gasteiger partial charge in [0, 0.05) is 30.2 Å². The topological polar surface area (TPSA) is 83.1 Å². The lowest BCUT2D eigenvalue weighted by molar-refractivity contribution is 0.0950. The maximum atomic E-state index is 12.3. The maximum absolute atomic E-state index is 12.3. The zero-order valence-electron chi connectivity index (χ0n) is 14.0. The van der Waals surface area contributed by atoms with Crippen LogP contribution in [0.15, 0.2) is 48.8 Å². The Labute approximate surface area is 147 Å². The molecule has 2 aromatic rings. The van der Waals surface area contributed by atoms with Crippen LogP contribution in [-0.2, 0) is 0 Å². The average molecular weight is 338 g/mol. The minimum Gasteiger partial charge on any atom is -0.352 e. The van der Waals surface area contributed by atoms with Crippen LogP contribution in [0.3, 0.4) is 0 Å². The van der Waals surface area contributed by atoms with Crippen LogP contribution in [0.5, 0.6) is 0 Å². The van der Waals surface area contributed by atoms with Crippen LogP contribution in [0.2, 0.25) is 0 Å². The molecule has 1 aromatic heterocycles. The Morgan fingerprint density at radius 1 is 1.16 bits per heavy atom. The first kappa shape index (κ1) is 17.1. The summed E-state index contributed by atoms with van der Waals surface area (Å²) in [6.07, 6.45) is 5.27. The molecule has 0 saturated carbocycles. The van der Waals surface area contributed by atoms with Crippen LogP contribution < -0.4 is 16.0 Å². The van der Waals surface area contributed by atoms with Gasteiger partial charge in [-0.1, -0.05) is 6.07 Å². The number of aromatic nitrogens is 1. The predicted octanol–water partition coefficient (Wildman–Crippen LogP) is 2.06. The van der Waals surface area contributed by atoms with Gasteiger partial charge in [0.1, 0.15) is 0 Å². The highest BCUT2D eigenvalue weighted by molar-refractivity contribution is 6.04. The summed E-state index contributed by atoms with van der Waals surface area (Å²) in [4.78, 5) is 28.4. The van der Waals surface area contributed by atoms with Gasteiger partial charge in [-0.2, -0.15) is 0 Å². The predicted molar refractivity (Wildman–Crippen MR) is 96.6 cm³/mol. The van der Waals surface area contributed by atoms with E-state index >= 15 is 0 Å². The van der Waals surface area contributed by atoms with Crippen molar-refractivity contribution >= 4 is 17.5 Å². The van der Waals surface area contributed by atoms with E-state index in [1.807, 2.05) is 0 Å². The fraction of sp³-hybridized carbons (Fsp3) is 0.316. The molecular formula is C19H22N4O2. The average Bonchev–Trinajstić information content (AvgIpc) is 3.16. The van der Waals surface area contributed by atoms with Gasteiger partial charge in [0.05, 0.1) is 5.56 Å². The SMILES string of the molecule is O=C(NCCC1CCNC1)c1cccc(NC(=O)c2cccnc2)c1. The van der Waals surface area contributed by atoms with E-state index in [9.17, 15) is 9.59 Å². The molecule has 25 heavy (non-hydrogen) atoms. The van der Waals surface area contributed by atoms with Crippen LogP contribution in [-0.4, -0.2) is 36.4 Å².